The lowest BCUT2D eigenvalue weighted by Crippen LogP contribution is -2.26. The Morgan fingerprint density at radius 3 is 2.67 bits per heavy atom. The summed E-state index contributed by atoms with van der Waals surface area (Å²) in [4.78, 5) is 15.6. The second kappa shape index (κ2) is 9.60. The number of nitrogens with one attached hydrogen (secondary N) is 1. The molecule has 27 heavy (non-hydrogen) atoms. The summed E-state index contributed by atoms with van der Waals surface area (Å²) in [6, 6.07) is 9.65. The van der Waals surface area contributed by atoms with Crippen LogP contribution in [0.5, 0.6) is 11.6 Å². The second-order valence-electron chi connectivity index (χ2n) is 6.98. The van der Waals surface area contributed by atoms with Gasteiger partial charge in [-0.05, 0) is 63.6 Å². The minimum absolute atomic E-state index is 0.00927. The van der Waals surface area contributed by atoms with E-state index in [0.717, 1.165) is 49.3 Å². The molecule has 0 aliphatic carbocycles. The first kappa shape index (κ1) is 19.5. The third-order valence-corrected chi connectivity index (χ3v) is 4.96. The predicted octanol–water partition coefficient (Wildman–Crippen LogP) is 3.82. The number of ether oxygens (including phenoxy) is 3. The number of aryl methyl sites for hydroxylation is 2. The van der Waals surface area contributed by atoms with E-state index < -0.39 is 0 Å². The molecule has 1 aliphatic rings. The molecule has 5 nitrogen and oxygen atoms in total. The van der Waals surface area contributed by atoms with E-state index in [9.17, 15) is 4.79 Å². The first-order chi connectivity index (χ1) is 13.2. The van der Waals surface area contributed by atoms with Crippen LogP contribution in [0.4, 0.5) is 0 Å². The SMILES string of the molecule is CCOc1ccc(CCc2[nH]c(OCC3CCCCO3)cc(=O)c2C)cc1. The number of aromatic nitrogens is 1. The van der Waals surface area contributed by atoms with Gasteiger partial charge in [0.2, 0.25) is 0 Å². The van der Waals surface area contributed by atoms with Gasteiger partial charge in [-0.25, -0.2) is 0 Å². The first-order valence-electron chi connectivity index (χ1n) is 9.84. The fraction of sp³-hybridized carbons (Fsp3) is 0.500. The first-order valence-corrected chi connectivity index (χ1v) is 9.84. The zero-order valence-electron chi connectivity index (χ0n) is 16.3. The number of rotatable bonds is 8. The fourth-order valence-electron chi connectivity index (χ4n) is 3.29. The van der Waals surface area contributed by atoms with Crippen molar-refractivity contribution in [3.8, 4) is 11.6 Å². The number of aromatic amines is 1. The van der Waals surface area contributed by atoms with Gasteiger partial charge in [0.1, 0.15) is 12.4 Å². The van der Waals surface area contributed by atoms with Crippen LogP contribution in [0.25, 0.3) is 0 Å². The number of hydrogen-bond acceptors (Lipinski definition) is 4. The Kier molecular flexibility index (Phi) is 6.93. The summed E-state index contributed by atoms with van der Waals surface area (Å²) in [6.07, 6.45) is 5.03. The molecule has 1 saturated heterocycles. The molecule has 1 aromatic heterocycles. The van der Waals surface area contributed by atoms with Crippen LogP contribution in [-0.4, -0.2) is 30.9 Å². The topological polar surface area (TPSA) is 60.6 Å². The lowest BCUT2D eigenvalue weighted by atomic mass is 10.0. The minimum atomic E-state index is 0.00927. The summed E-state index contributed by atoms with van der Waals surface area (Å²) in [6.45, 7) is 5.78. The van der Waals surface area contributed by atoms with Gasteiger partial charge in [0, 0.05) is 23.9 Å². The van der Waals surface area contributed by atoms with E-state index in [4.69, 9.17) is 14.2 Å². The van der Waals surface area contributed by atoms with Crippen LogP contribution in [-0.2, 0) is 17.6 Å². The molecule has 1 aromatic carbocycles. The van der Waals surface area contributed by atoms with E-state index in [0.29, 0.717) is 19.1 Å². The third kappa shape index (κ3) is 5.60. The minimum Gasteiger partial charge on any atom is -0.494 e. The van der Waals surface area contributed by atoms with Crippen LogP contribution in [0.15, 0.2) is 35.1 Å². The van der Waals surface area contributed by atoms with Gasteiger partial charge in [-0.1, -0.05) is 12.1 Å². The number of hydrogen-bond donors (Lipinski definition) is 1. The standard InChI is InChI=1S/C22H29NO4/c1-3-25-18-10-7-17(8-11-18)9-12-20-16(2)21(24)14-22(23-20)27-15-19-6-4-5-13-26-19/h7-8,10-11,14,19H,3-6,9,12-13,15H2,1-2H3,(H,23,24). The number of benzene rings is 1. The highest BCUT2D eigenvalue weighted by atomic mass is 16.5. The fourth-order valence-corrected chi connectivity index (χ4v) is 3.29. The normalized spacial score (nSPS) is 16.9. The molecule has 1 atom stereocenters. The van der Waals surface area contributed by atoms with Crippen molar-refractivity contribution in [2.24, 2.45) is 0 Å². The summed E-state index contributed by atoms with van der Waals surface area (Å²) in [5, 5.41) is 0. The summed E-state index contributed by atoms with van der Waals surface area (Å²) < 4.78 is 17.0. The zero-order chi connectivity index (χ0) is 19.1. The van der Waals surface area contributed by atoms with Crippen LogP contribution < -0.4 is 14.9 Å². The van der Waals surface area contributed by atoms with Gasteiger partial charge >= 0.3 is 0 Å². The van der Waals surface area contributed by atoms with Gasteiger partial charge in [0.05, 0.1) is 12.7 Å². The molecule has 1 unspecified atom stereocenters. The molecule has 3 rings (SSSR count). The van der Waals surface area contributed by atoms with Crippen molar-refractivity contribution in [3.63, 3.8) is 0 Å². The molecule has 0 bridgehead atoms. The molecule has 2 aromatic rings. The van der Waals surface area contributed by atoms with E-state index in [-0.39, 0.29) is 11.5 Å². The summed E-state index contributed by atoms with van der Waals surface area (Å²) in [5.74, 6) is 1.41. The van der Waals surface area contributed by atoms with Gasteiger partial charge < -0.3 is 19.2 Å². The van der Waals surface area contributed by atoms with E-state index >= 15 is 0 Å². The maximum atomic E-state index is 12.3. The lowest BCUT2D eigenvalue weighted by molar-refractivity contribution is -0.0120. The van der Waals surface area contributed by atoms with Crippen molar-refractivity contribution in [1.82, 2.24) is 4.98 Å². The smallest absolute Gasteiger partial charge is 0.194 e. The van der Waals surface area contributed by atoms with Crippen molar-refractivity contribution >= 4 is 0 Å². The average Bonchev–Trinajstić information content (AvgIpc) is 2.70. The molecular weight excluding hydrogens is 342 g/mol. The Morgan fingerprint density at radius 1 is 1.15 bits per heavy atom. The molecule has 5 heteroatoms. The van der Waals surface area contributed by atoms with E-state index in [1.54, 1.807) is 6.07 Å². The van der Waals surface area contributed by atoms with E-state index in [1.165, 1.54) is 12.0 Å². The lowest BCUT2D eigenvalue weighted by Gasteiger charge is -2.22. The van der Waals surface area contributed by atoms with Crippen molar-refractivity contribution in [2.75, 3.05) is 19.8 Å². The van der Waals surface area contributed by atoms with Crippen LogP contribution in [0, 0.1) is 6.92 Å². The molecule has 1 fully saturated rings. The van der Waals surface area contributed by atoms with Gasteiger partial charge in [0.15, 0.2) is 11.3 Å². The van der Waals surface area contributed by atoms with Gasteiger partial charge in [-0.15, -0.1) is 0 Å². The van der Waals surface area contributed by atoms with Crippen molar-refractivity contribution < 1.29 is 14.2 Å². The molecular formula is C22H29NO4. The second-order valence-corrected chi connectivity index (χ2v) is 6.98. The van der Waals surface area contributed by atoms with Crippen LogP contribution in [0.1, 0.15) is 43.0 Å². The molecule has 1 aliphatic heterocycles. The van der Waals surface area contributed by atoms with Crippen molar-refractivity contribution in [3.05, 3.63) is 57.4 Å². The van der Waals surface area contributed by atoms with Gasteiger partial charge in [-0.2, -0.15) is 0 Å². The highest BCUT2D eigenvalue weighted by molar-refractivity contribution is 5.29. The Balaban J connectivity index is 1.61. The highest BCUT2D eigenvalue weighted by Gasteiger charge is 2.15. The van der Waals surface area contributed by atoms with E-state index in [1.807, 2.05) is 26.0 Å². The molecule has 0 saturated carbocycles. The Labute approximate surface area is 160 Å². The van der Waals surface area contributed by atoms with Crippen LogP contribution in [0.3, 0.4) is 0 Å². The van der Waals surface area contributed by atoms with Crippen LogP contribution in [0.2, 0.25) is 0 Å². The highest BCUT2D eigenvalue weighted by Crippen LogP contribution is 2.17. The van der Waals surface area contributed by atoms with Crippen molar-refractivity contribution in [1.29, 1.82) is 0 Å². The summed E-state index contributed by atoms with van der Waals surface area (Å²) in [7, 11) is 0. The average molecular weight is 371 g/mol. The largest absolute Gasteiger partial charge is 0.494 e. The Bertz CT molecular complexity index is 776. The Morgan fingerprint density at radius 2 is 1.96 bits per heavy atom. The predicted molar refractivity (Wildman–Crippen MR) is 106 cm³/mol. The van der Waals surface area contributed by atoms with Gasteiger partial charge in [-0.3, -0.25) is 4.79 Å². The van der Waals surface area contributed by atoms with Crippen LogP contribution >= 0.6 is 0 Å². The number of H-pyrrole nitrogens is 1. The molecule has 0 amide bonds. The molecule has 146 valence electrons. The zero-order valence-corrected chi connectivity index (χ0v) is 16.3. The summed E-state index contributed by atoms with van der Waals surface area (Å²) in [5.41, 5.74) is 2.90. The van der Waals surface area contributed by atoms with Crippen molar-refractivity contribution in [2.45, 2.75) is 52.1 Å². The number of pyridine rings is 1. The molecule has 2 heterocycles. The molecule has 0 radical (unpaired) electrons. The molecule has 1 N–H and O–H groups in total. The quantitative estimate of drug-likeness (QED) is 0.766. The Hall–Kier alpha value is -2.27. The van der Waals surface area contributed by atoms with Gasteiger partial charge in [0.25, 0.3) is 0 Å². The maximum Gasteiger partial charge on any atom is 0.194 e. The monoisotopic (exact) mass is 371 g/mol. The van der Waals surface area contributed by atoms with E-state index in [2.05, 4.69) is 17.1 Å². The summed E-state index contributed by atoms with van der Waals surface area (Å²) >= 11 is 0. The molecule has 0 spiro atoms. The third-order valence-electron chi connectivity index (χ3n) is 4.96. The maximum absolute atomic E-state index is 12.3.